The summed E-state index contributed by atoms with van der Waals surface area (Å²) in [6.45, 7) is 8.20. The quantitative estimate of drug-likeness (QED) is 0.836. The molecular weight excluding hydrogens is 246 g/mol. The van der Waals surface area contributed by atoms with Crippen LogP contribution in [0.15, 0.2) is 42.5 Å². The first kappa shape index (κ1) is 14.6. The number of rotatable bonds is 6. The molecule has 0 spiro atoms. The van der Waals surface area contributed by atoms with E-state index in [1.807, 2.05) is 12.1 Å². The van der Waals surface area contributed by atoms with Crippen LogP contribution < -0.4 is 10.1 Å². The fraction of sp³-hybridized carbons (Fsp3) is 0.333. The molecule has 2 heteroatoms. The van der Waals surface area contributed by atoms with Gasteiger partial charge in [-0.05, 0) is 48.7 Å². The zero-order valence-electron chi connectivity index (χ0n) is 12.6. The van der Waals surface area contributed by atoms with Crippen LogP contribution in [0.25, 0.3) is 0 Å². The van der Waals surface area contributed by atoms with E-state index in [9.17, 15) is 0 Å². The van der Waals surface area contributed by atoms with Gasteiger partial charge in [-0.15, -0.1) is 0 Å². The molecule has 0 radical (unpaired) electrons. The van der Waals surface area contributed by atoms with Crippen LogP contribution in [0.4, 0.5) is 0 Å². The maximum atomic E-state index is 6.12. The predicted molar refractivity (Wildman–Crippen MR) is 84.5 cm³/mol. The first-order chi connectivity index (χ1) is 9.74. The largest absolute Gasteiger partial charge is 0.457 e. The van der Waals surface area contributed by atoms with Gasteiger partial charge < -0.3 is 10.1 Å². The third-order valence-corrected chi connectivity index (χ3v) is 3.41. The maximum Gasteiger partial charge on any atom is 0.130 e. The molecule has 0 saturated carbocycles. The molecule has 0 aliphatic heterocycles. The van der Waals surface area contributed by atoms with E-state index in [1.165, 1.54) is 11.1 Å². The summed E-state index contributed by atoms with van der Waals surface area (Å²) >= 11 is 0. The Morgan fingerprint density at radius 3 is 2.55 bits per heavy atom. The van der Waals surface area contributed by atoms with E-state index >= 15 is 0 Å². The van der Waals surface area contributed by atoms with Crippen molar-refractivity contribution < 1.29 is 4.74 Å². The highest BCUT2D eigenvalue weighted by atomic mass is 16.5. The van der Waals surface area contributed by atoms with Crippen molar-refractivity contribution in [3.63, 3.8) is 0 Å². The van der Waals surface area contributed by atoms with Crippen molar-refractivity contribution in [1.29, 1.82) is 0 Å². The van der Waals surface area contributed by atoms with E-state index in [1.54, 1.807) is 0 Å². The van der Waals surface area contributed by atoms with Crippen molar-refractivity contribution in [1.82, 2.24) is 5.32 Å². The third-order valence-electron chi connectivity index (χ3n) is 3.41. The van der Waals surface area contributed by atoms with Crippen molar-refractivity contribution in [2.75, 3.05) is 6.54 Å². The van der Waals surface area contributed by atoms with Crippen LogP contribution in [0.5, 0.6) is 11.5 Å². The lowest BCUT2D eigenvalue weighted by atomic mass is 10.1. The number of aryl methyl sites for hydroxylation is 2. The van der Waals surface area contributed by atoms with Crippen molar-refractivity contribution in [3.05, 3.63) is 59.2 Å². The average Bonchev–Trinajstić information content (AvgIpc) is 2.48. The summed E-state index contributed by atoms with van der Waals surface area (Å²) in [7, 11) is 0. The van der Waals surface area contributed by atoms with Crippen molar-refractivity contribution in [3.8, 4) is 11.5 Å². The van der Waals surface area contributed by atoms with E-state index in [0.717, 1.165) is 36.6 Å². The van der Waals surface area contributed by atoms with Gasteiger partial charge in [-0.25, -0.2) is 0 Å². The standard InChI is InChI=1S/C18H23NO/c1-4-16-8-6-7-9-17(16)20-18-12-15(13-19-5-2)11-10-14(18)3/h6-12,19H,4-5,13H2,1-3H3. The molecule has 0 aromatic heterocycles. The Morgan fingerprint density at radius 1 is 1.00 bits per heavy atom. The number of ether oxygens (including phenoxy) is 1. The van der Waals surface area contributed by atoms with Crippen LogP contribution in [0.1, 0.15) is 30.5 Å². The summed E-state index contributed by atoms with van der Waals surface area (Å²) in [5.41, 5.74) is 3.65. The molecule has 0 aliphatic rings. The Balaban J connectivity index is 2.23. The molecule has 0 fully saturated rings. The van der Waals surface area contributed by atoms with Gasteiger partial charge in [0.1, 0.15) is 11.5 Å². The first-order valence-electron chi connectivity index (χ1n) is 7.30. The Hall–Kier alpha value is -1.80. The van der Waals surface area contributed by atoms with Gasteiger partial charge in [-0.1, -0.05) is 44.2 Å². The first-order valence-corrected chi connectivity index (χ1v) is 7.30. The van der Waals surface area contributed by atoms with Crippen molar-refractivity contribution in [2.45, 2.75) is 33.7 Å². The van der Waals surface area contributed by atoms with E-state index in [0.29, 0.717) is 0 Å². The van der Waals surface area contributed by atoms with Crippen LogP contribution in [0.3, 0.4) is 0 Å². The second kappa shape index (κ2) is 7.11. The Labute approximate surface area is 121 Å². The maximum absolute atomic E-state index is 6.12. The van der Waals surface area contributed by atoms with E-state index in [2.05, 4.69) is 56.4 Å². The zero-order chi connectivity index (χ0) is 14.4. The molecule has 0 heterocycles. The highest BCUT2D eigenvalue weighted by Gasteiger charge is 2.06. The zero-order valence-corrected chi connectivity index (χ0v) is 12.6. The van der Waals surface area contributed by atoms with Gasteiger partial charge >= 0.3 is 0 Å². The van der Waals surface area contributed by atoms with Crippen LogP contribution in [-0.2, 0) is 13.0 Å². The second-order valence-electron chi connectivity index (χ2n) is 4.94. The molecule has 2 nitrogen and oxygen atoms in total. The monoisotopic (exact) mass is 269 g/mol. The summed E-state index contributed by atoms with van der Waals surface area (Å²) in [6, 6.07) is 14.6. The molecule has 20 heavy (non-hydrogen) atoms. The third kappa shape index (κ3) is 3.61. The normalized spacial score (nSPS) is 10.6. The average molecular weight is 269 g/mol. The molecule has 106 valence electrons. The van der Waals surface area contributed by atoms with Crippen molar-refractivity contribution in [2.24, 2.45) is 0 Å². The highest BCUT2D eigenvalue weighted by molar-refractivity contribution is 5.42. The summed E-state index contributed by atoms with van der Waals surface area (Å²) in [4.78, 5) is 0. The van der Waals surface area contributed by atoms with Crippen LogP contribution in [-0.4, -0.2) is 6.54 Å². The van der Waals surface area contributed by atoms with E-state index in [-0.39, 0.29) is 0 Å². The van der Waals surface area contributed by atoms with Gasteiger partial charge in [0.15, 0.2) is 0 Å². The highest BCUT2D eigenvalue weighted by Crippen LogP contribution is 2.29. The van der Waals surface area contributed by atoms with Gasteiger partial charge in [0.05, 0.1) is 0 Å². The molecule has 0 amide bonds. The molecular formula is C18H23NO. The Morgan fingerprint density at radius 2 is 1.80 bits per heavy atom. The van der Waals surface area contributed by atoms with Gasteiger partial charge in [-0.3, -0.25) is 0 Å². The summed E-state index contributed by atoms with van der Waals surface area (Å²) in [6.07, 6.45) is 0.978. The number of para-hydroxylation sites is 1. The lowest BCUT2D eigenvalue weighted by Crippen LogP contribution is -2.11. The fourth-order valence-corrected chi connectivity index (χ4v) is 2.15. The van der Waals surface area contributed by atoms with Gasteiger partial charge in [0.25, 0.3) is 0 Å². The number of hydrogen-bond acceptors (Lipinski definition) is 2. The lowest BCUT2D eigenvalue weighted by molar-refractivity contribution is 0.472. The molecule has 2 aromatic rings. The molecule has 0 unspecified atom stereocenters. The SMILES string of the molecule is CCNCc1ccc(C)c(Oc2ccccc2CC)c1. The number of nitrogens with one attached hydrogen (secondary N) is 1. The van der Waals surface area contributed by atoms with E-state index in [4.69, 9.17) is 4.74 Å². The minimum absolute atomic E-state index is 0.878. The number of benzene rings is 2. The predicted octanol–water partition coefficient (Wildman–Crippen LogP) is 4.46. The topological polar surface area (TPSA) is 21.3 Å². The fourth-order valence-electron chi connectivity index (χ4n) is 2.15. The molecule has 2 rings (SSSR count). The smallest absolute Gasteiger partial charge is 0.130 e. The van der Waals surface area contributed by atoms with Gasteiger partial charge in [-0.2, -0.15) is 0 Å². The van der Waals surface area contributed by atoms with E-state index < -0.39 is 0 Å². The number of hydrogen-bond donors (Lipinski definition) is 1. The van der Waals surface area contributed by atoms with Crippen molar-refractivity contribution >= 4 is 0 Å². The molecule has 0 atom stereocenters. The van der Waals surface area contributed by atoms with Crippen LogP contribution in [0.2, 0.25) is 0 Å². The minimum Gasteiger partial charge on any atom is -0.457 e. The molecule has 1 N–H and O–H groups in total. The molecule has 0 bridgehead atoms. The van der Waals surface area contributed by atoms with Crippen LogP contribution >= 0.6 is 0 Å². The Bertz CT molecular complexity index is 563. The molecule has 0 saturated heterocycles. The summed E-state index contributed by atoms with van der Waals surface area (Å²) < 4.78 is 6.12. The van der Waals surface area contributed by atoms with Gasteiger partial charge in [0, 0.05) is 6.54 Å². The summed E-state index contributed by atoms with van der Waals surface area (Å²) in [5.74, 6) is 1.90. The summed E-state index contributed by atoms with van der Waals surface area (Å²) in [5, 5.41) is 3.34. The van der Waals surface area contributed by atoms with Gasteiger partial charge in [0.2, 0.25) is 0 Å². The van der Waals surface area contributed by atoms with Crippen LogP contribution in [0, 0.1) is 6.92 Å². The minimum atomic E-state index is 0.878. The lowest BCUT2D eigenvalue weighted by Gasteiger charge is -2.13. The second-order valence-corrected chi connectivity index (χ2v) is 4.94. The molecule has 0 aliphatic carbocycles. The molecule has 2 aromatic carbocycles. The Kier molecular flexibility index (Phi) is 5.19.